The highest BCUT2D eigenvalue weighted by molar-refractivity contribution is 5.66. The van der Waals surface area contributed by atoms with Gasteiger partial charge in [-0.05, 0) is 49.5 Å². The van der Waals surface area contributed by atoms with Crippen LogP contribution in [0.5, 0.6) is 0 Å². The molecule has 1 aromatic rings. The summed E-state index contributed by atoms with van der Waals surface area (Å²) in [6, 6.07) is 10.2. The number of ether oxygens (including phenoxy) is 1. The van der Waals surface area contributed by atoms with E-state index < -0.39 is 5.97 Å². The van der Waals surface area contributed by atoms with Crippen molar-refractivity contribution >= 4 is 5.97 Å². The Hall–Kier alpha value is -1.65. The Morgan fingerprint density at radius 2 is 1.96 bits per heavy atom. The molecule has 2 N–H and O–H groups in total. The van der Waals surface area contributed by atoms with E-state index in [-0.39, 0.29) is 18.4 Å². The van der Waals surface area contributed by atoms with E-state index in [4.69, 9.17) is 9.84 Å². The van der Waals surface area contributed by atoms with Gasteiger partial charge in [-0.2, -0.15) is 0 Å². The van der Waals surface area contributed by atoms with Crippen molar-refractivity contribution in [2.24, 2.45) is 11.8 Å². The van der Waals surface area contributed by atoms with Crippen LogP contribution in [0.1, 0.15) is 56.9 Å². The maximum absolute atomic E-state index is 10.5. The molecule has 26 heavy (non-hydrogen) atoms. The highest BCUT2D eigenvalue weighted by atomic mass is 16.5. The summed E-state index contributed by atoms with van der Waals surface area (Å²) in [6.07, 6.45) is 8.42. The van der Waals surface area contributed by atoms with Crippen LogP contribution in [-0.4, -0.2) is 35.5 Å². The first-order valence-corrected chi connectivity index (χ1v) is 9.75. The number of hydrogen-bond acceptors (Lipinski definition) is 3. The van der Waals surface area contributed by atoms with Crippen LogP contribution in [0.15, 0.2) is 42.5 Å². The van der Waals surface area contributed by atoms with E-state index in [1.165, 1.54) is 5.56 Å². The molecule has 2 unspecified atom stereocenters. The molecule has 4 nitrogen and oxygen atoms in total. The van der Waals surface area contributed by atoms with Gasteiger partial charge in [-0.25, -0.2) is 0 Å². The lowest BCUT2D eigenvalue weighted by Crippen LogP contribution is -2.19. The molecular weight excluding hydrogens is 328 g/mol. The first-order valence-electron chi connectivity index (χ1n) is 9.75. The molecule has 0 spiro atoms. The number of unbranched alkanes of at least 4 members (excludes halogenated alkanes) is 1. The number of carboxylic acid groups (broad SMARTS) is 1. The number of aliphatic hydroxyl groups is 1. The third-order valence-electron chi connectivity index (χ3n) is 5.43. The van der Waals surface area contributed by atoms with E-state index in [2.05, 4.69) is 31.2 Å². The van der Waals surface area contributed by atoms with Crippen LogP contribution < -0.4 is 0 Å². The maximum Gasteiger partial charge on any atom is 0.303 e. The molecular formula is C22H32O4. The normalized spacial score (nSPS) is 22.5. The van der Waals surface area contributed by atoms with Crippen LogP contribution >= 0.6 is 0 Å². The molecule has 0 aliphatic carbocycles. The molecule has 1 aliphatic rings. The minimum Gasteiger partial charge on any atom is -0.481 e. The van der Waals surface area contributed by atoms with Crippen molar-refractivity contribution < 1.29 is 19.7 Å². The summed E-state index contributed by atoms with van der Waals surface area (Å²) in [5.41, 5.74) is 1.18. The van der Waals surface area contributed by atoms with Gasteiger partial charge < -0.3 is 14.9 Å². The zero-order chi connectivity index (χ0) is 18.8. The van der Waals surface area contributed by atoms with E-state index in [1.807, 2.05) is 18.2 Å². The smallest absolute Gasteiger partial charge is 0.303 e. The van der Waals surface area contributed by atoms with Gasteiger partial charge in [-0.3, -0.25) is 4.79 Å². The monoisotopic (exact) mass is 360 g/mol. The molecule has 0 aromatic heterocycles. The van der Waals surface area contributed by atoms with Crippen molar-refractivity contribution in [3.63, 3.8) is 0 Å². The summed E-state index contributed by atoms with van der Waals surface area (Å²) in [6.45, 7) is 3.65. The maximum atomic E-state index is 10.5. The minimum atomic E-state index is -0.731. The fourth-order valence-corrected chi connectivity index (χ4v) is 3.60. The minimum absolute atomic E-state index is 0.145. The quantitative estimate of drug-likeness (QED) is 0.453. The number of benzene rings is 1. The van der Waals surface area contributed by atoms with Crippen LogP contribution in [0.2, 0.25) is 0 Å². The van der Waals surface area contributed by atoms with Crippen molar-refractivity contribution in [1.82, 2.24) is 0 Å². The third-order valence-corrected chi connectivity index (χ3v) is 5.43. The molecule has 4 atom stereocenters. The predicted octanol–water partition coefficient (Wildman–Crippen LogP) is 4.40. The summed E-state index contributed by atoms with van der Waals surface area (Å²) in [4.78, 5) is 10.5. The average molecular weight is 360 g/mol. The Morgan fingerprint density at radius 1 is 1.23 bits per heavy atom. The van der Waals surface area contributed by atoms with Crippen LogP contribution in [0, 0.1) is 11.8 Å². The van der Waals surface area contributed by atoms with Gasteiger partial charge in [-0.1, -0.05) is 49.4 Å². The van der Waals surface area contributed by atoms with E-state index in [9.17, 15) is 9.90 Å². The van der Waals surface area contributed by atoms with Crippen LogP contribution in [-0.2, 0) is 9.53 Å². The molecule has 0 radical (unpaired) electrons. The summed E-state index contributed by atoms with van der Waals surface area (Å²) in [7, 11) is 0. The molecule has 4 heteroatoms. The number of allylic oxidation sites excluding steroid dienone is 2. The van der Waals surface area contributed by atoms with Gasteiger partial charge in [0.2, 0.25) is 0 Å². The molecule has 1 heterocycles. The lowest BCUT2D eigenvalue weighted by atomic mass is 9.85. The number of carbonyl (C=O) groups is 1. The highest BCUT2D eigenvalue weighted by Crippen LogP contribution is 2.31. The lowest BCUT2D eigenvalue weighted by molar-refractivity contribution is -0.137. The Balaban J connectivity index is 1.70. The van der Waals surface area contributed by atoms with Gasteiger partial charge in [0, 0.05) is 18.9 Å². The SMILES string of the molecule is CC(c1ccccc1)C(O)CC[C@@H]1COC[C@@H]1CC=CCCCC(=O)O. The van der Waals surface area contributed by atoms with Gasteiger partial charge in [0.1, 0.15) is 0 Å². The van der Waals surface area contributed by atoms with Crippen LogP contribution in [0.25, 0.3) is 0 Å². The second-order valence-electron chi connectivity index (χ2n) is 7.39. The molecule has 144 valence electrons. The Kier molecular flexibility index (Phi) is 8.86. The predicted molar refractivity (Wildman–Crippen MR) is 103 cm³/mol. The lowest BCUT2D eigenvalue weighted by Gasteiger charge is -2.22. The summed E-state index contributed by atoms with van der Waals surface area (Å²) < 4.78 is 5.66. The van der Waals surface area contributed by atoms with Gasteiger partial charge in [0.05, 0.1) is 12.7 Å². The second kappa shape index (κ2) is 11.1. The zero-order valence-electron chi connectivity index (χ0n) is 15.7. The van der Waals surface area contributed by atoms with Gasteiger partial charge >= 0.3 is 5.97 Å². The van der Waals surface area contributed by atoms with Crippen LogP contribution in [0.3, 0.4) is 0 Å². The Morgan fingerprint density at radius 3 is 2.69 bits per heavy atom. The largest absolute Gasteiger partial charge is 0.481 e. The van der Waals surface area contributed by atoms with E-state index >= 15 is 0 Å². The van der Waals surface area contributed by atoms with E-state index in [0.29, 0.717) is 18.3 Å². The Labute approximate surface area is 156 Å². The number of aliphatic carboxylic acids is 1. The van der Waals surface area contributed by atoms with Crippen molar-refractivity contribution in [1.29, 1.82) is 0 Å². The fraction of sp³-hybridized carbons (Fsp3) is 0.591. The fourth-order valence-electron chi connectivity index (χ4n) is 3.60. The van der Waals surface area contributed by atoms with Crippen molar-refractivity contribution in [3.8, 4) is 0 Å². The van der Waals surface area contributed by atoms with E-state index in [0.717, 1.165) is 38.9 Å². The molecule has 0 saturated carbocycles. The second-order valence-corrected chi connectivity index (χ2v) is 7.39. The number of aliphatic hydroxyl groups excluding tert-OH is 1. The van der Waals surface area contributed by atoms with Crippen molar-refractivity contribution in [2.45, 2.75) is 57.5 Å². The summed E-state index contributed by atoms with van der Waals surface area (Å²) in [5, 5.41) is 19.2. The van der Waals surface area contributed by atoms with Crippen molar-refractivity contribution in [2.75, 3.05) is 13.2 Å². The van der Waals surface area contributed by atoms with Gasteiger partial charge in [0.15, 0.2) is 0 Å². The Bertz CT molecular complexity index is 555. The zero-order valence-corrected chi connectivity index (χ0v) is 15.7. The number of hydrogen-bond donors (Lipinski definition) is 2. The molecule has 1 aliphatic heterocycles. The summed E-state index contributed by atoms with van der Waals surface area (Å²) in [5.74, 6) is 0.415. The van der Waals surface area contributed by atoms with E-state index in [1.54, 1.807) is 0 Å². The molecule has 1 aromatic carbocycles. The number of carboxylic acids is 1. The molecule has 1 saturated heterocycles. The van der Waals surface area contributed by atoms with Gasteiger partial charge in [-0.15, -0.1) is 0 Å². The highest BCUT2D eigenvalue weighted by Gasteiger charge is 2.28. The molecule has 1 fully saturated rings. The third kappa shape index (κ3) is 6.93. The first-order chi connectivity index (χ1) is 12.6. The van der Waals surface area contributed by atoms with Crippen LogP contribution in [0.4, 0.5) is 0 Å². The molecule has 0 amide bonds. The first kappa shape index (κ1) is 20.7. The van der Waals surface area contributed by atoms with Gasteiger partial charge in [0.25, 0.3) is 0 Å². The molecule has 2 rings (SSSR count). The molecule has 0 bridgehead atoms. The average Bonchev–Trinajstić information content (AvgIpc) is 3.09. The topological polar surface area (TPSA) is 66.8 Å². The number of rotatable bonds is 11. The standard InChI is InChI=1S/C22H32O4/c1-17(18-9-6-4-7-10-18)21(23)14-13-20-16-26-15-19(20)11-5-2-3-8-12-22(24)25/h2,4-7,9-10,17,19-21,23H,3,8,11-16H2,1H3,(H,24,25)/t17?,19-,20+,21?/m0/s1. The van der Waals surface area contributed by atoms with Crippen molar-refractivity contribution in [3.05, 3.63) is 48.0 Å². The summed E-state index contributed by atoms with van der Waals surface area (Å²) >= 11 is 0.